The van der Waals surface area contributed by atoms with Crippen LogP contribution in [0.3, 0.4) is 0 Å². The summed E-state index contributed by atoms with van der Waals surface area (Å²) in [6, 6.07) is 0.580. The van der Waals surface area contributed by atoms with Gasteiger partial charge in [0.1, 0.15) is 6.17 Å². The molecule has 0 saturated heterocycles. The van der Waals surface area contributed by atoms with Gasteiger partial charge in [0, 0.05) is 24.8 Å². The summed E-state index contributed by atoms with van der Waals surface area (Å²) in [5, 5.41) is 19.1. The molecule has 14 heteroatoms. The molecule has 198 valence electrons. The lowest BCUT2D eigenvalue weighted by atomic mass is 9.81. The largest absolute Gasteiger partial charge is 0.389 e. The Balaban J connectivity index is 1.51. The molecular weight excluding hydrogens is 496 g/mol. The number of aliphatic hydroxyl groups is 1. The molecular formula is C22H25F6N5O3. The van der Waals surface area contributed by atoms with Gasteiger partial charge in [-0.25, -0.2) is 22.7 Å². The van der Waals surface area contributed by atoms with Gasteiger partial charge in [-0.1, -0.05) is 0 Å². The van der Waals surface area contributed by atoms with Crippen LogP contribution in [-0.2, 0) is 9.59 Å². The number of fused-ring (bicyclic) bond motifs is 1. The normalized spacial score (nSPS) is 23.8. The van der Waals surface area contributed by atoms with Crippen LogP contribution < -0.4 is 10.6 Å². The lowest BCUT2D eigenvalue weighted by Gasteiger charge is -2.33. The highest BCUT2D eigenvalue weighted by Gasteiger charge is 2.46. The van der Waals surface area contributed by atoms with Gasteiger partial charge in [0.2, 0.25) is 17.7 Å². The number of imidazole rings is 1. The van der Waals surface area contributed by atoms with Crippen LogP contribution in [0.1, 0.15) is 68.5 Å². The summed E-state index contributed by atoms with van der Waals surface area (Å²) in [6.45, 7) is 0. The first-order valence-electron chi connectivity index (χ1n) is 11.5. The number of rotatable bonds is 8. The summed E-state index contributed by atoms with van der Waals surface area (Å²) >= 11 is 0. The first-order valence-corrected chi connectivity index (χ1v) is 11.5. The predicted octanol–water partition coefficient (Wildman–Crippen LogP) is 3.52. The fraction of sp³-hybridized carbons (Fsp3) is 0.636. The Morgan fingerprint density at radius 3 is 2.50 bits per heavy atom. The lowest BCUT2D eigenvalue weighted by Crippen LogP contribution is -2.38. The van der Waals surface area contributed by atoms with E-state index in [1.807, 2.05) is 5.32 Å². The maximum Gasteiger partial charge on any atom is 0.389 e. The van der Waals surface area contributed by atoms with Crippen LogP contribution in [0.4, 0.5) is 26.3 Å². The number of hydrogen-bond donors (Lipinski definition) is 3. The molecule has 2 amide bonds. The Kier molecular flexibility index (Phi) is 7.17. The summed E-state index contributed by atoms with van der Waals surface area (Å²) < 4.78 is 79.0. The lowest BCUT2D eigenvalue weighted by molar-refractivity contribution is -0.145. The maximum atomic E-state index is 13.7. The molecule has 2 saturated carbocycles. The second kappa shape index (κ2) is 9.87. The molecule has 2 aromatic heterocycles. The highest BCUT2D eigenvalue weighted by Crippen LogP contribution is 2.42. The van der Waals surface area contributed by atoms with Gasteiger partial charge in [-0.3, -0.25) is 9.59 Å². The number of hydrogen-bond acceptors (Lipinski definition) is 5. The first-order chi connectivity index (χ1) is 16.8. The fourth-order valence-electron chi connectivity index (χ4n) is 4.30. The molecule has 0 aliphatic heterocycles. The van der Waals surface area contributed by atoms with Crippen LogP contribution in [-0.4, -0.2) is 49.8 Å². The third-order valence-corrected chi connectivity index (χ3v) is 6.51. The third-order valence-electron chi connectivity index (χ3n) is 6.51. The number of nitrogens with zero attached hydrogens (tertiary/aromatic N) is 3. The van der Waals surface area contributed by atoms with Gasteiger partial charge in [0.25, 0.3) is 0 Å². The van der Waals surface area contributed by atoms with Crippen molar-refractivity contribution in [1.82, 2.24) is 25.2 Å². The smallest absolute Gasteiger partial charge is 0.369 e. The number of alkyl halides is 6. The molecule has 2 fully saturated rings. The molecule has 2 aromatic rings. The van der Waals surface area contributed by atoms with E-state index in [-0.39, 0.29) is 49.2 Å². The average Bonchev–Trinajstić information content (AvgIpc) is 3.37. The Morgan fingerprint density at radius 2 is 1.89 bits per heavy atom. The Labute approximate surface area is 201 Å². The van der Waals surface area contributed by atoms with Crippen molar-refractivity contribution in [3.8, 4) is 0 Å². The molecule has 1 unspecified atom stereocenters. The van der Waals surface area contributed by atoms with E-state index in [0.29, 0.717) is 5.69 Å². The minimum Gasteiger partial charge on any atom is -0.369 e. The quantitative estimate of drug-likeness (QED) is 0.364. The fourth-order valence-corrected chi connectivity index (χ4v) is 4.30. The molecule has 0 aromatic carbocycles. The van der Waals surface area contributed by atoms with E-state index in [0.717, 1.165) is 0 Å². The number of amides is 2. The summed E-state index contributed by atoms with van der Waals surface area (Å²) in [5.74, 6) is -5.47. The number of aliphatic hydroxyl groups excluding tert-OH is 1. The molecule has 0 spiro atoms. The van der Waals surface area contributed by atoms with E-state index in [4.69, 9.17) is 0 Å². The second-order valence-corrected chi connectivity index (χ2v) is 9.38. The van der Waals surface area contributed by atoms with Gasteiger partial charge in [0.15, 0.2) is 11.9 Å². The van der Waals surface area contributed by atoms with Crippen molar-refractivity contribution in [2.24, 2.45) is 11.8 Å². The molecule has 2 heterocycles. The van der Waals surface area contributed by atoms with Crippen LogP contribution in [0.15, 0.2) is 18.5 Å². The van der Waals surface area contributed by atoms with Gasteiger partial charge < -0.3 is 15.7 Å². The minimum atomic E-state index is -4.51. The Hall–Kier alpha value is -2.90. The summed E-state index contributed by atoms with van der Waals surface area (Å²) in [6.07, 6.45) is -7.29. The zero-order valence-corrected chi connectivity index (χ0v) is 18.9. The molecule has 4 rings (SSSR count). The highest BCUT2D eigenvalue weighted by atomic mass is 19.4. The predicted molar refractivity (Wildman–Crippen MR) is 112 cm³/mol. The Bertz CT molecular complexity index is 1110. The van der Waals surface area contributed by atoms with Crippen LogP contribution in [0.5, 0.6) is 0 Å². The van der Waals surface area contributed by atoms with Gasteiger partial charge >= 0.3 is 6.18 Å². The maximum absolute atomic E-state index is 13.7. The molecule has 4 atom stereocenters. The zero-order chi connectivity index (χ0) is 26.3. The second-order valence-electron chi connectivity index (χ2n) is 9.38. The van der Waals surface area contributed by atoms with Crippen LogP contribution in [0.25, 0.3) is 5.65 Å². The SMILES string of the molecule is O=C(CCC(F)(F)F)N[C@H](O)c1cnn2cc([C@@H](NC(=O)C3C[C@@H]3F)C3CCC(F)(F)CC3)nc2c1. The van der Waals surface area contributed by atoms with E-state index in [1.165, 1.54) is 23.0 Å². The van der Waals surface area contributed by atoms with E-state index in [2.05, 4.69) is 15.4 Å². The van der Waals surface area contributed by atoms with Crippen molar-refractivity contribution in [3.63, 3.8) is 0 Å². The van der Waals surface area contributed by atoms with Crippen molar-refractivity contribution < 1.29 is 41.0 Å². The topological polar surface area (TPSA) is 109 Å². The molecule has 36 heavy (non-hydrogen) atoms. The van der Waals surface area contributed by atoms with Gasteiger partial charge in [0.05, 0.1) is 36.5 Å². The average molecular weight is 521 g/mol. The third kappa shape index (κ3) is 6.45. The van der Waals surface area contributed by atoms with Crippen molar-refractivity contribution >= 4 is 17.5 Å². The minimum absolute atomic E-state index is 0.0520. The molecule has 0 bridgehead atoms. The van der Waals surface area contributed by atoms with E-state index >= 15 is 0 Å². The first kappa shape index (κ1) is 26.2. The molecule has 3 N–H and O–H groups in total. The van der Waals surface area contributed by atoms with Gasteiger partial charge in [-0.05, 0) is 31.2 Å². The molecule has 2 aliphatic carbocycles. The molecule has 2 aliphatic rings. The summed E-state index contributed by atoms with van der Waals surface area (Å²) in [7, 11) is 0. The molecule has 0 radical (unpaired) electrons. The number of carbonyl (C=O) groups is 2. The van der Waals surface area contributed by atoms with Gasteiger partial charge in [-0.2, -0.15) is 18.3 Å². The van der Waals surface area contributed by atoms with E-state index < -0.39 is 61.1 Å². The van der Waals surface area contributed by atoms with E-state index in [1.54, 1.807) is 0 Å². The monoisotopic (exact) mass is 521 g/mol. The zero-order valence-electron chi connectivity index (χ0n) is 18.9. The van der Waals surface area contributed by atoms with E-state index in [9.17, 15) is 41.0 Å². The Morgan fingerprint density at radius 1 is 1.22 bits per heavy atom. The highest BCUT2D eigenvalue weighted by molar-refractivity contribution is 5.82. The van der Waals surface area contributed by atoms with Crippen molar-refractivity contribution in [3.05, 3.63) is 29.7 Å². The van der Waals surface area contributed by atoms with Crippen molar-refractivity contribution in [1.29, 1.82) is 0 Å². The number of carbonyl (C=O) groups excluding carboxylic acids is 2. The van der Waals surface area contributed by atoms with Crippen LogP contribution in [0, 0.1) is 11.8 Å². The van der Waals surface area contributed by atoms with Gasteiger partial charge in [-0.15, -0.1) is 0 Å². The number of halogens is 6. The number of nitrogens with one attached hydrogen (secondary N) is 2. The summed E-state index contributed by atoms with van der Waals surface area (Å²) in [4.78, 5) is 28.6. The van der Waals surface area contributed by atoms with Crippen LogP contribution >= 0.6 is 0 Å². The standard InChI is InChI=1S/C22H25F6N5O3/c23-14-8-13(14)20(36)32-18(11-1-4-21(24,25)5-2-11)15-10-33-16(30-15)7-12(9-29-33)19(35)31-17(34)3-6-22(26,27)28/h7,9-11,13-14,18-19,35H,1-6,8H2,(H,31,34)(H,32,36)/t13?,14-,18-,19+/m0/s1. The number of aromatic nitrogens is 3. The van der Waals surface area contributed by atoms with Crippen molar-refractivity contribution in [2.45, 2.75) is 75.5 Å². The van der Waals surface area contributed by atoms with Crippen molar-refractivity contribution in [2.75, 3.05) is 0 Å². The van der Waals surface area contributed by atoms with Crippen LogP contribution in [0.2, 0.25) is 0 Å². The molecule has 8 nitrogen and oxygen atoms in total. The summed E-state index contributed by atoms with van der Waals surface area (Å²) in [5.41, 5.74) is 0.542.